The molecule has 6 heteroatoms. The molecule has 1 aliphatic carbocycles. The average Bonchev–Trinajstić information content (AvgIpc) is 3.07. The number of quaternary nitrogens is 1. The van der Waals surface area contributed by atoms with Gasteiger partial charge in [-0.2, -0.15) is 0 Å². The Morgan fingerprint density at radius 3 is 2.62 bits per heavy atom. The average molecular weight is 335 g/mol. The lowest BCUT2D eigenvalue weighted by Gasteiger charge is -2.11. The van der Waals surface area contributed by atoms with E-state index in [0.717, 1.165) is 24.3 Å². The topological polar surface area (TPSA) is 55.3 Å². The van der Waals surface area contributed by atoms with Crippen LogP contribution in [0.5, 0.6) is 5.75 Å². The van der Waals surface area contributed by atoms with Crippen molar-refractivity contribution in [2.75, 3.05) is 26.8 Å². The van der Waals surface area contributed by atoms with Gasteiger partial charge in [0.25, 0.3) is 0 Å². The first kappa shape index (κ1) is 16.8. The Morgan fingerprint density at radius 1 is 1.38 bits per heavy atom. The smallest absolute Gasteiger partial charge is 0.127 e. The summed E-state index contributed by atoms with van der Waals surface area (Å²) in [4.78, 5) is 0. The monoisotopic (exact) mass is 334 g/mol. The Kier molecular flexibility index (Phi) is 6.14. The van der Waals surface area contributed by atoms with Gasteiger partial charge in [-0.1, -0.05) is 12.1 Å². The SMILES string of the molecule is COc1ccc(COC[C@H](O)C[NH2+]C[C@H]2CC2(Cl)Cl)cc1. The lowest BCUT2D eigenvalue weighted by molar-refractivity contribution is -0.663. The fraction of sp³-hybridized carbons (Fsp3) is 0.600. The number of ether oxygens (including phenoxy) is 2. The minimum Gasteiger partial charge on any atom is -0.497 e. The fourth-order valence-electron chi connectivity index (χ4n) is 2.12. The zero-order chi connectivity index (χ0) is 15.3. The van der Waals surface area contributed by atoms with Crippen LogP contribution in [0, 0.1) is 5.92 Å². The second kappa shape index (κ2) is 7.65. The van der Waals surface area contributed by atoms with Gasteiger partial charge in [0, 0.05) is 5.92 Å². The van der Waals surface area contributed by atoms with E-state index in [4.69, 9.17) is 32.7 Å². The van der Waals surface area contributed by atoms with Gasteiger partial charge in [-0.3, -0.25) is 0 Å². The molecule has 0 amide bonds. The molecule has 1 saturated carbocycles. The first-order valence-electron chi connectivity index (χ1n) is 7.09. The molecule has 0 spiro atoms. The van der Waals surface area contributed by atoms with Crippen LogP contribution in [0.2, 0.25) is 0 Å². The van der Waals surface area contributed by atoms with Crippen LogP contribution >= 0.6 is 23.2 Å². The maximum atomic E-state index is 9.83. The summed E-state index contributed by atoms with van der Waals surface area (Å²) in [5.41, 5.74) is 1.05. The molecule has 3 N–H and O–H groups in total. The number of methoxy groups -OCH3 is 1. The molecule has 21 heavy (non-hydrogen) atoms. The molecule has 0 aliphatic heterocycles. The Labute approximate surface area is 135 Å². The zero-order valence-corrected chi connectivity index (χ0v) is 13.6. The molecule has 0 aromatic heterocycles. The Balaban J connectivity index is 1.55. The third-order valence-electron chi connectivity index (χ3n) is 3.58. The van der Waals surface area contributed by atoms with E-state index >= 15 is 0 Å². The predicted octanol–water partition coefficient (Wildman–Crippen LogP) is 1.33. The van der Waals surface area contributed by atoms with Gasteiger partial charge in [-0.05, 0) is 24.1 Å². The van der Waals surface area contributed by atoms with Gasteiger partial charge in [0.05, 0.1) is 26.9 Å². The maximum absolute atomic E-state index is 9.83. The molecule has 1 aromatic carbocycles. The van der Waals surface area contributed by atoms with Crippen molar-refractivity contribution in [1.29, 1.82) is 0 Å². The lowest BCUT2D eigenvalue weighted by atomic mass is 10.2. The highest BCUT2D eigenvalue weighted by Gasteiger charge is 2.52. The molecule has 118 valence electrons. The summed E-state index contributed by atoms with van der Waals surface area (Å²) >= 11 is 11.9. The second-order valence-corrected chi connectivity index (χ2v) is 6.98. The summed E-state index contributed by atoms with van der Waals surface area (Å²) in [7, 11) is 1.64. The standard InChI is InChI=1S/C15H21Cl2NO3/c1-20-14-4-2-11(3-5-14)9-21-10-13(19)8-18-7-12-6-15(12,16)17/h2-5,12-13,18-19H,6-10H2,1H3/p+1/t12-,13-/m1/s1. The van der Waals surface area contributed by atoms with Gasteiger partial charge >= 0.3 is 0 Å². The summed E-state index contributed by atoms with van der Waals surface area (Å²) < 4.78 is 10.1. The number of aliphatic hydroxyl groups excluding tert-OH is 1. The first-order chi connectivity index (χ1) is 10.0. The van der Waals surface area contributed by atoms with Crippen molar-refractivity contribution in [3.63, 3.8) is 0 Å². The van der Waals surface area contributed by atoms with E-state index in [-0.39, 0.29) is 0 Å². The molecule has 1 aliphatic rings. The van der Waals surface area contributed by atoms with Gasteiger partial charge in [0.1, 0.15) is 22.7 Å². The van der Waals surface area contributed by atoms with E-state index in [1.807, 2.05) is 29.6 Å². The van der Waals surface area contributed by atoms with Gasteiger partial charge < -0.3 is 19.9 Å². The summed E-state index contributed by atoms with van der Waals surface area (Å²) in [5, 5.41) is 11.9. The van der Waals surface area contributed by atoms with Gasteiger partial charge in [-0.25, -0.2) is 0 Å². The number of rotatable bonds is 9. The molecule has 0 unspecified atom stereocenters. The predicted molar refractivity (Wildman–Crippen MR) is 82.9 cm³/mol. The molecule has 0 bridgehead atoms. The van der Waals surface area contributed by atoms with Crippen molar-refractivity contribution in [2.45, 2.75) is 23.5 Å². The summed E-state index contributed by atoms with van der Waals surface area (Å²) in [6, 6.07) is 7.68. The van der Waals surface area contributed by atoms with Crippen LogP contribution in [-0.2, 0) is 11.3 Å². The van der Waals surface area contributed by atoms with E-state index in [2.05, 4.69) is 0 Å². The van der Waals surface area contributed by atoms with Crippen LogP contribution in [0.1, 0.15) is 12.0 Å². The van der Waals surface area contributed by atoms with E-state index in [0.29, 0.717) is 25.7 Å². The number of halogens is 2. The molecule has 2 rings (SSSR count). The van der Waals surface area contributed by atoms with E-state index < -0.39 is 10.4 Å². The molecule has 0 saturated heterocycles. The summed E-state index contributed by atoms with van der Waals surface area (Å²) in [6.45, 7) is 2.25. The van der Waals surface area contributed by atoms with Crippen LogP contribution in [0.3, 0.4) is 0 Å². The van der Waals surface area contributed by atoms with Gasteiger partial charge in [0.2, 0.25) is 0 Å². The highest BCUT2D eigenvalue weighted by atomic mass is 35.5. The molecule has 0 heterocycles. The highest BCUT2D eigenvalue weighted by molar-refractivity contribution is 6.50. The molecule has 1 fully saturated rings. The minimum atomic E-state index is -0.535. The van der Waals surface area contributed by atoms with Crippen LogP contribution in [0.25, 0.3) is 0 Å². The first-order valence-corrected chi connectivity index (χ1v) is 7.85. The number of benzene rings is 1. The quantitative estimate of drug-likeness (QED) is 0.670. The number of alkyl halides is 2. The maximum Gasteiger partial charge on any atom is 0.127 e. The van der Waals surface area contributed by atoms with Crippen molar-refractivity contribution in [3.05, 3.63) is 29.8 Å². The molecule has 2 atom stereocenters. The summed E-state index contributed by atoms with van der Waals surface area (Å²) in [5.74, 6) is 1.16. The third kappa shape index (κ3) is 5.64. The van der Waals surface area contributed by atoms with Crippen molar-refractivity contribution in [1.82, 2.24) is 0 Å². The Hall–Kier alpha value is -0.520. The Bertz CT molecular complexity index is 439. The minimum absolute atomic E-state index is 0.320. The van der Waals surface area contributed by atoms with E-state index in [9.17, 15) is 5.11 Å². The Morgan fingerprint density at radius 2 is 2.05 bits per heavy atom. The molecular formula is C15H22Cl2NO3+. The van der Waals surface area contributed by atoms with Crippen molar-refractivity contribution < 1.29 is 19.9 Å². The van der Waals surface area contributed by atoms with E-state index in [1.54, 1.807) is 7.11 Å². The van der Waals surface area contributed by atoms with Crippen LogP contribution in [0.15, 0.2) is 24.3 Å². The number of hydrogen-bond donors (Lipinski definition) is 2. The number of aliphatic hydroxyl groups is 1. The number of nitrogens with two attached hydrogens (primary N) is 1. The molecule has 4 nitrogen and oxygen atoms in total. The van der Waals surface area contributed by atoms with Crippen molar-refractivity contribution >= 4 is 23.2 Å². The van der Waals surface area contributed by atoms with Crippen molar-refractivity contribution in [2.24, 2.45) is 5.92 Å². The van der Waals surface area contributed by atoms with E-state index in [1.165, 1.54) is 0 Å². The molecule has 0 radical (unpaired) electrons. The zero-order valence-electron chi connectivity index (χ0n) is 12.1. The highest BCUT2D eigenvalue weighted by Crippen LogP contribution is 2.52. The summed E-state index contributed by atoms with van der Waals surface area (Å²) in [6.07, 6.45) is 0.360. The fourth-order valence-corrected chi connectivity index (χ4v) is 2.67. The van der Waals surface area contributed by atoms with Gasteiger partial charge in [0.15, 0.2) is 0 Å². The lowest BCUT2D eigenvalue weighted by Crippen LogP contribution is -2.87. The van der Waals surface area contributed by atoms with Gasteiger partial charge in [-0.15, -0.1) is 23.2 Å². The largest absolute Gasteiger partial charge is 0.497 e. The normalized spacial score (nSPS) is 21.0. The van der Waals surface area contributed by atoms with Crippen LogP contribution in [0.4, 0.5) is 0 Å². The number of hydrogen-bond acceptors (Lipinski definition) is 3. The third-order valence-corrected chi connectivity index (χ3v) is 4.51. The van der Waals surface area contributed by atoms with Crippen LogP contribution < -0.4 is 10.1 Å². The molecular weight excluding hydrogens is 313 g/mol. The second-order valence-electron chi connectivity index (χ2n) is 5.44. The molecule has 1 aromatic rings. The van der Waals surface area contributed by atoms with Crippen LogP contribution in [-0.4, -0.2) is 42.4 Å². The van der Waals surface area contributed by atoms with Crippen molar-refractivity contribution in [3.8, 4) is 5.75 Å².